The second kappa shape index (κ2) is 5.31. The number of rotatable bonds is 1. The predicted octanol–water partition coefficient (Wildman–Crippen LogP) is 3.48. The quantitative estimate of drug-likeness (QED) is 0.801. The molecule has 5 heteroatoms. The molecule has 20 heavy (non-hydrogen) atoms. The van der Waals surface area contributed by atoms with Gasteiger partial charge in [0.1, 0.15) is 5.60 Å². The SMILES string of the molecule is CC(C)(C)OC(=O)N1CCC[C@H]1c1cccc(N)c1F. The van der Waals surface area contributed by atoms with Crippen LogP contribution in [0, 0.1) is 5.82 Å². The van der Waals surface area contributed by atoms with Crippen molar-refractivity contribution in [2.24, 2.45) is 0 Å². The number of nitrogen functional groups attached to an aromatic ring is 1. The van der Waals surface area contributed by atoms with Crippen LogP contribution in [-0.4, -0.2) is 23.1 Å². The van der Waals surface area contributed by atoms with E-state index in [1.807, 2.05) is 20.8 Å². The Bertz CT molecular complexity index is 511. The molecule has 0 saturated carbocycles. The Balaban J connectivity index is 2.23. The largest absolute Gasteiger partial charge is 0.444 e. The summed E-state index contributed by atoms with van der Waals surface area (Å²) in [5.74, 6) is -0.437. The van der Waals surface area contributed by atoms with Crippen LogP contribution in [-0.2, 0) is 4.74 Å². The summed E-state index contributed by atoms with van der Waals surface area (Å²) >= 11 is 0. The molecular weight excluding hydrogens is 259 g/mol. The minimum atomic E-state index is -0.557. The second-order valence-corrected chi connectivity index (χ2v) is 6.08. The van der Waals surface area contributed by atoms with Crippen LogP contribution >= 0.6 is 0 Å². The third-order valence-electron chi connectivity index (χ3n) is 3.30. The molecule has 1 aromatic carbocycles. The highest BCUT2D eigenvalue weighted by atomic mass is 19.1. The van der Waals surface area contributed by atoms with Gasteiger partial charge in [-0.2, -0.15) is 0 Å². The molecule has 0 unspecified atom stereocenters. The zero-order chi connectivity index (χ0) is 14.9. The molecule has 0 bridgehead atoms. The van der Waals surface area contributed by atoms with Gasteiger partial charge in [-0.05, 0) is 39.7 Å². The summed E-state index contributed by atoms with van der Waals surface area (Å²) in [6.07, 6.45) is 1.15. The average Bonchev–Trinajstić information content (AvgIpc) is 2.79. The molecule has 1 saturated heterocycles. The molecule has 0 aromatic heterocycles. The third-order valence-corrected chi connectivity index (χ3v) is 3.30. The van der Waals surface area contributed by atoms with Crippen molar-refractivity contribution in [2.45, 2.75) is 45.3 Å². The number of carbonyl (C=O) groups is 1. The van der Waals surface area contributed by atoms with Gasteiger partial charge in [0.2, 0.25) is 0 Å². The molecule has 1 amide bonds. The van der Waals surface area contributed by atoms with E-state index in [0.29, 0.717) is 12.1 Å². The maximum absolute atomic E-state index is 14.1. The molecule has 1 aliphatic rings. The molecule has 1 atom stereocenters. The van der Waals surface area contributed by atoms with Gasteiger partial charge in [0, 0.05) is 12.1 Å². The molecule has 1 aliphatic heterocycles. The first kappa shape index (κ1) is 14.6. The number of halogens is 1. The van der Waals surface area contributed by atoms with Crippen molar-refractivity contribution in [3.8, 4) is 0 Å². The fraction of sp³-hybridized carbons (Fsp3) is 0.533. The van der Waals surface area contributed by atoms with Crippen molar-refractivity contribution in [2.75, 3.05) is 12.3 Å². The maximum Gasteiger partial charge on any atom is 0.410 e. The van der Waals surface area contributed by atoms with E-state index in [2.05, 4.69) is 0 Å². The lowest BCUT2D eigenvalue weighted by Crippen LogP contribution is -2.36. The molecule has 0 spiro atoms. The number of hydrogen-bond donors (Lipinski definition) is 1. The van der Waals surface area contributed by atoms with E-state index in [9.17, 15) is 9.18 Å². The molecule has 2 rings (SSSR count). The monoisotopic (exact) mass is 280 g/mol. The van der Waals surface area contributed by atoms with E-state index in [4.69, 9.17) is 10.5 Å². The predicted molar refractivity (Wildman–Crippen MR) is 75.7 cm³/mol. The standard InChI is InChI=1S/C15H21FN2O2/c1-15(2,3)20-14(19)18-9-5-8-12(18)10-6-4-7-11(17)13(10)16/h4,6-7,12H,5,8-9,17H2,1-3H3/t12-/m0/s1. The molecule has 1 heterocycles. The Labute approximate surface area is 118 Å². The van der Waals surface area contributed by atoms with Gasteiger partial charge in [-0.1, -0.05) is 12.1 Å². The van der Waals surface area contributed by atoms with Crippen LogP contribution in [0.2, 0.25) is 0 Å². The molecule has 110 valence electrons. The highest BCUT2D eigenvalue weighted by Gasteiger charge is 2.34. The van der Waals surface area contributed by atoms with Crippen molar-refractivity contribution in [1.29, 1.82) is 0 Å². The van der Waals surface area contributed by atoms with Crippen LogP contribution in [0.5, 0.6) is 0 Å². The molecular formula is C15H21FN2O2. The first-order valence-electron chi connectivity index (χ1n) is 6.83. The van der Waals surface area contributed by atoms with Crippen molar-refractivity contribution in [3.63, 3.8) is 0 Å². The molecule has 1 aromatic rings. The fourth-order valence-electron chi connectivity index (χ4n) is 2.45. The summed E-state index contributed by atoms with van der Waals surface area (Å²) in [6, 6.07) is 4.61. The average molecular weight is 280 g/mol. The molecule has 2 N–H and O–H groups in total. The van der Waals surface area contributed by atoms with Gasteiger partial charge in [0.25, 0.3) is 0 Å². The van der Waals surface area contributed by atoms with Gasteiger partial charge < -0.3 is 15.4 Å². The lowest BCUT2D eigenvalue weighted by atomic mass is 10.0. The second-order valence-electron chi connectivity index (χ2n) is 6.08. The first-order chi connectivity index (χ1) is 9.29. The van der Waals surface area contributed by atoms with E-state index in [1.165, 1.54) is 6.07 Å². The number of hydrogen-bond acceptors (Lipinski definition) is 3. The number of anilines is 1. The highest BCUT2D eigenvalue weighted by Crippen LogP contribution is 2.35. The van der Waals surface area contributed by atoms with Gasteiger partial charge in [0.15, 0.2) is 5.82 Å². The summed E-state index contributed by atoms with van der Waals surface area (Å²) in [6.45, 7) is 6.03. The summed E-state index contributed by atoms with van der Waals surface area (Å²) in [5.41, 5.74) is 5.62. The smallest absolute Gasteiger partial charge is 0.410 e. The number of benzene rings is 1. The molecule has 0 radical (unpaired) electrons. The minimum absolute atomic E-state index is 0.110. The Kier molecular flexibility index (Phi) is 3.88. The van der Waals surface area contributed by atoms with Crippen molar-refractivity contribution < 1.29 is 13.9 Å². The lowest BCUT2D eigenvalue weighted by molar-refractivity contribution is 0.0222. The van der Waals surface area contributed by atoms with Gasteiger partial charge in [-0.3, -0.25) is 0 Å². The topological polar surface area (TPSA) is 55.6 Å². The van der Waals surface area contributed by atoms with Crippen molar-refractivity contribution in [3.05, 3.63) is 29.6 Å². The number of amides is 1. The zero-order valence-corrected chi connectivity index (χ0v) is 12.1. The van der Waals surface area contributed by atoms with E-state index in [1.54, 1.807) is 17.0 Å². The molecule has 0 aliphatic carbocycles. The van der Waals surface area contributed by atoms with Crippen LogP contribution in [0.15, 0.2) is 18.2 Å². The highest BCUT2D eigenvalue weighted by molar-refractivity contribution is 5.69. The first-order valence-corrected chi connectivity index (χ1v) is 6.83. The normalized spacial score (nSPS) is 19.2. The lowest BCUT2D eigenvalue weighted by Gasteiger charge is -2.29. The fourth-order valence-corrected chi connectivity index (χ4v) is 2.45. The van der Waals surface area contributed by atoms with E-state index in [0.717, 1.165) is 12.8 Å². The number of ether oxygens (including phenoxy) is 1. The van der Waals surface area contributed by atoms with Crippen LogP contribution in [0.1, 0.15) is 45.2 Å². The zero-order valence-electron chi connectivity index (χ0n) is 12.1. The number of likely N-dealkylation sites (tertiary alicyclic amines) is 1. The van der Waals surface area contributed by atoms with E-state index in [-0.39, 0.29) is 11.7 Å². The number of carbonyl (C=O) groups excluding carboxylic acids is 1. The third kappa shape index (κ3) is 3.03. The van der Waals surface area contributed by atoms with Crippen LogP contribution < -0.4 is 5.73 Å². The van der Waals surface area contributed by atoms with Crippen molar-refractivity contribution in [1.82, 2.24) is 4.90 Å². The minimum Gasteiger partial charge on any atom is -0.444 e. The van der Waals surface area contributed by atoms with Gasteiger partial charge >= 0.3 is 6.09 Å². The Morgan fingerprint density at radius 3 is 2.80 bits per heavy atom. The number of nitrogens with zero attached hydrogens (tertiary/aromatic N) is 1. The Hall–Kier alpha value is -1.78. The number of nitrogens with two attached hydrogens (primary N) is 1. The Morgan fingerprint density at radius 1 is 1.45 bits per heavy atom. The van der Waals surface area contributed by atoms with E-state index >= 15 is 0 Å². The van der Waals surface area contributed by atoms with E-state index < -0.39 is 17.5 Å². The van der Waals surface area contributed by atoms with Crippen LogP contribution in [0.25, 0.3) is 0 Å². The van der Waals surface area contributed by atoms with Gasteiger partial charge in [0.05, 0.1) is 11.7 Å². The van der Waals surface area contributed by atoms with Gasteiger partial charge in [-0.25, -0.2) is 9.18 Å². The van der Waals surface area contributed by atoms with Gasteiger partial charge in [-0.15, -0.1) is 0 Å². The molecule has 4 nitrogen and oxygen atoms in total. The van der Waals surface area contributed by atoms with Crippen molar-refractivity contribution >= 4 is 11.8 Å². The summed E-state index contributed by atoms with van der Waals surface area (Å²) < 4.78 is 19.5. The summed E-state index contributed by atoms with van der Waals surface area (Å²) in [5, 5.41) is 0. The van der Waals surface area contributed by atoms with Crippen LogP contribution in [0.3, 0.4) is 0 Å². The Morgan fingerprint density at radius 2 is 2.15 bits per heavy atom. The summed E-state index contributed by atoms with van der Waals surface area (Å²) in [4.78, 5) is 13.8. The summed E-state index contributed by atoms with van der Waals surface area (Å²) in [7, 11) is 0. The maximum atomic E-state index is 14.1. The van der Waals surface area contributed by atoms with Crippen LogP contribution in [0.4, 0.5) is 14.9 Å². The molecule has 1 fully saturated rings.